The molecule has 2 heteroatoms. The van der Waals surface area contributed by atoms with E-state index < -0.39 is 10.0 Å². The number of fused-ring (bicyclic) bond motifs is 3. The zero-order valence-electron chi connectivity index (χ0n) is 17.7. The van der Waals surface area contributed by atoms with Gasteiger partial charge in [0, 0.05) is 19.7 Å². The van der Waals surface area contributed by atoms with Crippen LogP contribution < -0.4 is 0 Å². The van der Waals surface area contributed by atoms with E-state index in [1.807, 2.05) is 12.1 Å². The maximum atomic E-state index is 6.14. The summed E-state index contributed by atoms with van der Waals surface area (Å²) in [6.07, 6.45) is 9.42. The molecule has 1 heterocycles. The first-order valence-electron chi connectivity index (χ1n) is 11.0. The molecule has 4 aromatic rings. The van der Waals surface area contributed by atoms with E-state index in [9.17, 15) is 0 Å². The fourth-order valence-corrected chi connectivity index (χ4v) is 9.43. The number of allylic oxidation sites excluding steroid dienone is 3. The van der Waals surface area contributed by atoms with Crippen molar-refractivity contribution in [1.82, 2.24) is 0 Å². The van der Waals surface area contributed by atoms with Crippen molar-refractivity contribution in [2.75, 3.05) is 0 Å². The predicted octanol–water partition coefficient (Wildman–Crippen LogP) is 9.50. The second-order valence-electron chi connectivity index (χ2n) is 8.23. The van der Waals surface area contributed by atoms with Crippen molar-refractivity contribution in [3.8, 4) is 22.3 Å². The highest BCUT2D eigenvalue weighted by Crippen LogP contribution is 2.80. The van der Waals surface area contributed by atoms with Gasteiger partial charge in [-0.05, 0) is 82.5 Å². The van der Waals surface area contributed by atoms with E-state index >= 15 is 0 Å². The Labute approximate surface area is 196 Å². The molecule has 1 unspecified atom stereocenters. The van der Waals surface area contributed by atoms with Gasteiger partial charge in [-0.15, -0.1) is 10.0 Å². The van der Waals surface area contributed by atoms with E-state index in [1.54, 1.807) is 0 Å². The summed E-state index contributed by atoms with van der Waals surface area (Å²) in [5.74, 6) is 0. The van der Waals surface area contributed by atoms with Crippen LogP contribution in [0.1, 0.15) is 12.8 Å². The van der Waals surface area contributed by atoms with E-state index in [1.165, 1.54) is 41.8 Å². The predicted molar refractivity (Wildman–Crippen MR) is 138 cm³/mol. The first-order valence-corrected chi connectivity index (χ1v) is 13.0. The van der Waals surface area contributed by atoms with E-state index in [0.29, 0.717) is 0 Å². The molecule has 0 N–H and O–H groups in total. The largest absolute Gasteiger partial charge is 0.132 e. The summed E-state index contributed by atoms with van der Waals surface area (Å²) in [6, 6.07) is 35.3. The van der Waals surface area contributed by atoms with Crippen LogP contribution in [0.5, 0.6) is 0 Å². The van der Waals surface area contributed by atoms with E-state index in [0.717, 1.165) is 17.9 Å². The van der Waals surface area contributed by atoms with Gasteiger partial charge in [0.1, 0.15) is 0 Å². The molecule has 0 spiro atoms. The van der Waals surface area contributed by atoms with Gasteiger partial charge in [0.2, 0.25) is 0 Å². The summed E-state index contributed by atoms with van der Waals surface area (Å²) in [5.41, 5.74) is 5.13. The van der Waals surface area contributed by atoms with E-state index in [4.69, 9.17) is 11.6 Å². The van der Waals surface area contributed by atoms with Gasteiger partial charge in [-0.25, -0.2) is 0 Å². The molecule has 0 saturated heterocycles. The molecule has 1 atom stereocenters. The summed E-state index contributed by atoms with van der Waals surface area (Å²) in [7, 11) is -1.51. The molecule has 0 radical (unpaired) electrons. The topological polar surface area (TPSA) is 0 Å². The molecule has 32 heavy (non-hydrogen) atoms. The maximum Gasteiger partial charge on any atom is 0.0406 e. The fourth-order valence-electron chi connectivity index (χ4n) is 4.99. The molecule has 0 aromatic heterocycles. The fraction of sp³-hybridized carbons (Fsp3) is 0.0667. The van der Waals surface area contributed by atoms with Crippen molar-refractivity contribution in [1.29, 1.82) is 0 Å². The lowest BCUT2D eigenvalue weighted by molar-refractivity contribution is 1.03. The zero-order valence-corrected chi connectivity index (χ0v) is 19.2. The molecule has 156 valence electrons. The molecule has 2 aliphatic rings. The van der Waals surface area contributed by atoms with Crippen LogP contribution in [0.15, 0.2) is 135 Å². The third-order valence-electron chi connectivity index (χ3n) is 6.41. The molecule has 0 nitrogen and oxygen atoms in total. The lowest BCUT2D eigenvalue weighted by Crippen LogP contribution is -2.04. The SMILES string of the molecule is Clc1ccc(-c2ccc3c(c2)-c2ccccc2S3(C2=CCCC=C2)c2ccccc2)cc1. The summed E-state index contributed by atoms with van der Waals surface area (Å²) < 4.78 is 0. The van der Waals surface area contributed by atoms with Gasteiger partial charge in [-0.3, -0.25) is 0 Å². The molecule has 0 saturated carbocycles. The van der Waals surface area contributed by atoms with Crippen molar-refractivity contribution >= 4 is 21.6 Å². The Morgan fingerprint density at radius 1 is 0.625 bits per heavy atom. The Balaban J connectivity index is 1.67. The van der Waals surface area contributed by atoms with Crippen LogP contribution >= 0.6 is 21.6 Å². The first-order chi connectivity index (χ1) is 15.8. The Morgan fingerprint density at radius 3 is 2.12 bits per heavy atom. The molecule has 1 aliphatic heterocycles. The van der Waals surface area contributed by atoms with Crippen molar-refractivity contribution < 1.29 is 0 Å². The summed E-state index contributed by atoms with van der Waals surface area (Å²) in [4.78, 5) is 5.76. The van der Waals surface area contributed by atoms with Crippen molar-refractivity contribution in [2.24, 2.45) is 0 Å². The molecule has 0 amide bonds. The normalized spacial score (nSPS) is 20.7. The zero-order chi connectivity index (χ0) is 21.5. The van der Waals surface area contributed by atoms with Crippen molar-refractivity contribution in [3.63, 3.8) is 0 Å². The van der Waals surface area contributed by atoms with Crippen molar-refractivity contribution in [2.45, 2.75) is 27.5 Å². The van der Waals surface area contributed by atoms with Crippen LogP contribution in [-0.4, -0.2) is 0 Å². The van der Waals surface area contributed by atoms with Crippen LogP contribution in [-0.2, 0) is 0 Å². The third-order valence-corrected chi connectivity index (χ3v) is 10.7. The standard InChI is InChI=1S/C30H23ClS/c31-24-18-15-22(16-19-24)23-17-20-30-28(21-23)27-13-7-8-14-29(27)32(30,25-9-3-1-4-10-25)26-11-5-2-6-12-26/h1,3-5,7-21H,2,6H2. The van der Waals surface area contributed by atoms with Crippen LogP contribution in [0, 0.1) is 0 Å². The third kappa shape index (κ3) is 2.92. The van der Waals surface area contributed by atoms with E-state index in [2.05, 4.69) is 103 Å². The number of hydrogen-bond donors (Lipinski definition) is 0. The van der Waals surface area contributed by atoms with Gasteiger partial charge < -0.3 is 0 Å². The molecular weight excluding hydrogens is 428 g/mol. The molecule has 0 bridgehead atoms. The second-order valence-corrected chi connectivity index (χ2v) is 11.7. The summed E-state index contributed by atoms with van der Waals surface area (Å²) in [5, 5.41) is 0.767. The second kappa shape index (κ2) is 7.85. The molecule has 6 rings (SSSR count). The van der Waals surface area contributed by atoms with Gasteiger partial charge in [0.05, 0.1) is 0 Å². The highest BCUT2D eigenvalue weighted by Gasteiger charge is 2.42. The Morgan fingerprint density at radius 2 is 1.34 bits per heavy atom. The van der Waals surface area contributed by atoms with Gasteiger partial charge in [0.25, 0.3) is 0 Å². The van der Waals surface area contributed by atoms with Gasteiger partial charge in [0.15, 0.2) is 0 Å². The molecule has 4 aromatic carbocycles. The minimum Gasteiger partial charge on any atom is -0.132 e. The number of rotatable bonds is 3. The van der Waals surface area contributed by atoms with Crippen LogP contribution in [0.4, 0.5) is 0 Å². The minimum atomic E-state index is -1.51. The van der Waals surface area contributed by atoms with E-state index in [-0.39, 0.29) is 0 Å². The lowest BCUT2D eigenvalue weighted by atomic mass is 9.99. The lowest BCUT2D eigenvalue weighted by Gasteiger charge is -2.40. The Hall–Kier alpha value is -3.00. The first kappa shape index (κ1) is 19.7. The van der Waals surface area contributed by atoms with Crippen LogP contribution in [0.3, 0.4) is 0 Å². The smallest absolute Gasteiger partial charge is 0.0406 e. The minimum absolute atomic E-state index is 0.767. The highest BCUT2D eigenvalue weighted by molar-refractivity contribution is 8.37. The Bertz CT molecular complexity index is 1370. The van der Waals surface area contributed by atoms with Gasteiger partial charge in [-0.1, -0.05) is 84.4 Å². The number of halogens is 1. The molecule has 1 aliphatic carbocycles. The average Bonchev–Trinajstić information content (AvgIpc) is 3.16. The van der Waals surface area contributed by atoms with Crippen LogP contribution in [0.25, 0.3) is 22.3 Å². The quantitative estimate of drug-likeness (QED) is 0.291. The number of hydrogen-bond acceptors (Lipinski definition) is 0. The van der Waals surface area contributed by atoms with Crippen LogP contribution in [0.2, 0.25) is 5.02 Å². The van der Waals surface area contributed by atoms with Crippen molar-refractivity contribution in [3.05, 3.63) is 125 Å². The molecule has 0 fully saturated rings. The maximum absolute atomic E-state index is 6.14. The molecular formula is C30H23ClS. The highest BCUT2D eigenvalue weighted by atomic mass is 35.5. The van der Waals surface area contributed by atoms with Gasteiger partial charge >= 0.3 is 0 Å². The average molecular weight is 451 g/mol. The van der Waals surface area contributed by atoms with Gasteiger partial charge in [-0.2, -0.15) is 0 Å². The number of benzene rings is 4. The monoisotopic (exact) mass is 450 g/mol. The summed E-state index contributed by atoms with van der Waals surface area (Å²) >= 11 is 6.14. The Kier molecular flexibility index (Phi) is 4.82. The summed E-state index contributed by atoms with van der Waals surface area (Å²) in [6.45, 7) is 0.